The summed E-state index contributed by atoms with van der Waals surface area (Å²) < 4.78 is 25.5. The molecule has 0 atom stereocenters. The second-order valence-corrected chi connectivity index (χ2v) is 8.60. The van der Waals surface area contributed by atoms with Crippen molar-refractivity contribution in [1.29, 1.82) is 0 Å². The monoisotopic (exact) mass is 466 g/mol. The molecule has 3 aromatic rings. The van der Waals surface area contributed by atoms with Crippen LogP contribution in [0.2, 0.25) is 0 Å². The molecule has 5 nitrogen and oxygen atoms in total. The number of benzene rings is 2. The van der Waals surface area contributed by atoms with Gasteiger partial charge in [-0.1, -0.05) is 54.3 Å². The number of rotatable bonds is 7. The molecule has 0 N–H and O–H groups in total. The summed E-state index contributed by atoms with van der Waals surface area (Å²) in [6, 6.07) is 15.5. The molecule has 162 valence electrons. The van der Waals surface area contributed by atoms with Gasteiger partial charge in [0.1, 0.15) is 16.7 Å². The van der Waals surface area contributed by atoms with Crippen molar-refractivity contribution in [2.75, 3.05) is 7.11 Å². The highest BCUT2D eigenvalue weighted by molar-refractivity contribution is 8.26. The Hall–Kier alpha value is -3.23. The fourth-order valence-electron chi connectivity index (χ4n) is 3.13. The predicted molar refractivity (Wildman–Crippen MR) is 127 cm³/mol. The summed E-state index contributed by atoms with van der Waals surface area (Å²) in [5.74, 6) is 0.497. The third kappa shape index (κ3) is 4.98. The molecule has 32 heavy (non-hydrogen) atoms. The summed E-state index contributed by atoms with van der Waals surface area (Å²) in [6.07, 6.45) is 5.17. The fourth-order valence-corrected chi connectivity index (χ4v) is 4.38. The number of thioether (sulfide) groups is 1. The first-order valence-electron chi connectivity index (χ1n) is 9.73. The van der Waals surface area contributed by atoms with Crippen molar-refractivity contribution in [2.24, 2.45) is 0 Å². The van der Waals surface area contributed by atoms with Crippen molar-refractivity contribution < 1.29 is 18.7 Å². The van der Waals surface area contributed by atoms with Gasteiger partial charge < -0.3 is 9.47 Å². The smallest absolute Gasteiger partial charge is 0.266 e. The lowest BCUT2D eigenvalue weighted by molar-refractivity contribution is -0.122. The third-order valence-corrected chi connectivity index (χ3v) is 6.14. The molecule has 2 heterocycles. The van der Waals surface area contributed by atoms with Crippen LogP contribution in [0.15, 0.2) is 71.9 Å². The first-order valence-corrected chi connectivity index (χ1v) is 11.0. The average Bonchev–Trinajstić information content (AvgIpc) is 3.07. The van der Waals surface area contributed by atoms with Crippen LogP contribution in [0.3, 0.4) is 0 Å². The molecule has 0 saturated carbocycles. The summed E-state index contributed by atoms with van der Waals surface area (Å²) in [5, 5.41) is 0. The molecule has 4 rings (SSSR count). The number of hydrogen-bond acceptors (Lipinski definition) is 6. The first-order chi connectivity index (χ1) is 15.5. The molecule has 2 aromatic carbocycles. The second-order valence-electron chi connectivity index (χ2n) is 6.92. The fraction of sp³-hybridized carbons (Fsp3) is 0.125. The molecule has 1 aliphatic heterocycles. The van der Waals surface area contributed by atoms with E-state index < -0.39 is 0 Å². The van der Waals surface area contributed by atoms with Gasteiger partial charge in [0, 0.05) is 18.0 Å². The van der Waals surface area contributed by atoms with E-state index >= 15 is 0 Å². The number of thiocarbonyl (C=S) groups is 1. The zero-order chi connectivity index (χ0) is 22.5. The van der Waals surface area contributed by atoms with Crippen LogP contribution in [0, 0.1) is 5.82 Å². The van der Waals surface area contributed by atoms with Gasteiger partial charge in [-0.25, -0.2) is 4.39 Å². The van der Waals surface area contributed by atoms with Crippen LogP contribution in [0.4, 0.5) is 4.39 Å². The topological polar surface area (TPSA) is 51.7 Å². The lowest BCUT2D eigenvalue weighted by Crippen LogP contribution is -2.27. The van der Waals surface area contributed by atoms with E-state index in [9.17, 15) is 9.18 Å². The van der Waals surface area contributed by atoms with Gasteiger partial charge in [0.05, 0.1) is 18.6 Å². The number of hydrogen-bond donors (Lipinski definition) is 0. The Morgan fingerprint density at radius 3 is 2.75 bits per heavy atom. The minimum Gasteiger partial charge on any atom is -0.493 e. The van der Waals surface area contributed by atoms with Crippen LogP contribution in [0.5, 0.6) is 11.5 Å². The Morgan fingerprint density at radius 1 is 1.16 bits per heavy atom. The maximum atomic E-state index is 13.8. The molecule has 0 spiro atoms. The van der Waals surface area contributed by atoms with E-state index in [2.05, 4.69) is 4.98 Å². The molecule has 0 radical (unpaired) electrons. The Kier molecular flexibility index (Phi) is 6.82. The zero-order valence-electron chi connectivity index (χ0n) is 17.2. The van der Waals surface area contributed by atoms with Crippen LogP contribution in [0.25, 0.3) is 6.08 Å². The number of carbonyl (C=O) groups excluding carboxylic acids is 1. The van der Waals surface area contributed by atoms with E-state index in [1.807, 2.05) is 18.2 Å². The summed E-state index contributed by atoms with van der Waals surface area (Å²) in [6.45, 7) is 0.456. The number of amides is 1. The van der Waals surface area contributed by atoms with Crippen LogP contribution in [-0.4, -0.2) is 27.2 Å². The number of nitrogens with zero attached hydrogens (tertiary/aromatic N) is 2. The van der Waals surface area contributed by atoms with Crippen molar-refractivity contribution in [2.45, 2.75) is 13.2 Å². The van der Waals surface area contributed by atoms with E-state index in [0.29, 0.717) is 32.8 Å². The molecule has 0 unspecified atom stereocenters. The summed E-state index contributed by atoms with van der Waals surface area (Å²) >= 11 is 6.66. The van der Waals surface area contributed by atoms with E-state index in [0.717, 1.165) is 11.1 Å². The third-order valence-electron chi connectivity index (χ3n) is 4.76. The Morgan fingerprint density at radius 2 is 2.00 bits per heavy atom. The number of methoxy groups -OCH3 is 1. The average molecular weight is 467 g/mol. The number of pyridine rings is 1. The molecule has 1 saturated heterocycles. The summed E-state index contributed by atoms with van der Waals surface area (Å²) in [4.78, 5) is 19.0. The van der Waals surface area contributed by atoms with Crippen LogP contribution < -0.4 is 9.47 Å². The number of aromatic nitrogens is 1. The molecule has 8 heteroatoms. The van der Waals surface area contributed by atoms with Gasteiger partial charge in [-0.2, -0.15) is 0 Å². The lowest BCUT2D eigenvalue weighted by atomic mass is 10.1. The van der Waals surface area contributed by atoms with Gasteiger partial charge in [-0.15, -0.1) is 0 Å². The maximum absolute atomic E-state index is 13.8. The SMILES string of the molecule is COc1cc(/C=C2\SC(=S)N(Cc3cccnc3)C2=O)ccc1OCc1ccccc1F. The Bertz CT molecular complexity index is 1180. The Balaban J connectivity index is 1.49. The molecule has 1 aromatic heterocycles. The molecule has 1 aliphatic rings. The van der Waals surface area contributed by atoms with Gasteiger partial charge in [-0.3, -0.25) is 14.7 Å². The highest BCUT2D eigenvalue weighted by Gasteiger charge is 2.32. The van der Waals surface area contributed by atoms with Gasteiger partial charge >= 0.3 is 0 Å². The molecule has 1 amide bonds. The number of halogens is 1. The minimum absolute atomic E-state index is 0.0788. The molecule has 0 aliphatic carbocycles. The van der Waals surface area contributed by atoms with Crippen molar-refractivity contribution in [3.05, 3.63) is 94.4 Å². The van der Waals surface area contributed by atoms with Crippen molar-refractivity contribution >= 4 is 40.3 Å². The molecular formula is C24H19FN2O3S2. The summed E-state index contributed by atoms with van der Waals surface area (Å²) in [7, 11) is 1.53. The van der Waals surface area contributed by atoms with Gasteiger partial charge in [-0.05, 0) is 41.5 Å². The normalized spacial score (nSPS) is 14.8. The van der Waals surface area contributed by atoms with Gasteiger partial charge in [0.2, 0.25) is 0 Å². The van der Waals surface area contributed by atoms with Crippen LogP contribution in [0.1, 0.15) is 16.7 Å². The van der Waals surface area contributed by atoms with Crippen molar-refractivity contribution in [3.63, 3.8) is 0 Å². The minimum atomic E-state index is -0.323. The molecular weight excluding hydrogens is 447 g/mol. The lowest BCUT2D eigenvalue weighted by Gasteiger charge is -2.14. The quantitative estimate of drug-likeness (QED) is 0.352. The highest BCUT2D eigenvalue weighted by atomic mass is 32.2. The first kappa shape index (κ1) is 22.0. The number of ether oxygens (including phenoxy) is 2. The predicted octanol–water partition coefficient (Wildman–Crippen LogP) is 5.21. The van der Waals surface area contributed by atoms with Crippen LogP contribution in [-0.2, 0) is 17.9 Å². The van der Waals surface area contributed by atoms with E-state index in [1.54, 1.807) is 53.7 Å². The maximum Gasteiger partial charge on any atom is 0.266 e. The van der Waals surface area contributed by atoms with E-state index in [-0.39, 0.29) is 18.3 Å². The van der Waals surface area contributed by atoms with Crippen LogP contribution >= 0.6 is 24.0 Å². The Labute approximate surface area is 194 Å². The van der Waals surface area contributed by atoms with Crippen molar-refractivity contribution in [3.8, 4) is 11.5 Å². The van der Waals surface area contributed by atoms with Gasteiger partial charge in [0.15, 0.2) is 11.5 Å². The molecule has 0 bridgehead atoms. The summed E-state index contributed by atoms with van der Waals surface area (Å²) in [5.41, 5.74) is 2.13. The highest BCUT2D eigenvalue weighted by Crippen LogP contribution is 2.35. The molecule has 1 fully saturated rings. The van der Waals surface area contributed by atoms with Gasteiger partial charge in [0.25, 0.3) is 5.91 Å². The standard InChI is InChI=1S/C24H19FN2O3S2/c1-29-21-11-16(8-9-20(21)30-15-18-6-2-3-7-19(18)25)12-22-23(28)27(24(31)32-22)14-17-5-4-10-26-13-17/h2-13H,14-15H2,1H3/b22-12-. The largest absolute Gasteiger partial charge is 0.493 e. The van der Waals surface area contributed by atoms with E-state index in [4.69, 9.17) is 21.7 Å². The second kappa shape index (κ2) is 9.93. The number of carbonyl (C=O) groups is 1. The zero-order valence-corrected chi connectivity index (χ0v) is 18.8. The van der Waals surface area contributed by atoms with Crippen molar-refractivity contribution in [1.82, 2.24) is 9.88 Å². The van der Waals surface area contributed by atoms with E-state index in [1.165, 1.54) is 24.9 Å².